The third-order valence-electron chi connectivity index (χ3n) is 6.19. The second-order valence-corrected chi connectivity index (χ2v) is 9.10. The van der Waals surface area contributed by atoms with E-state index in [2.05, 4.69) is 0 Å². The number of esters is 1. The van der Waals surface area contributed by atoms with E-state index in [0.717, 1.165) is 12.8 Å². The highest BCUT2D eigenvalue weighted by molar-refractivity contribution is 7.80. The van der Waals surface area contributed by atoms with Gasteiger partial charge < -0.3 is 9.29 Å². The van der Waals surface area contributed by atoms with Crippen LogP contribution in [0.1, 0.15) is 51.4 Å². The van der Waals surface area contributed by atoms with Gasteiger partial charge in [0, 0.05) is 18.3 Å². The zero-order valence-electron chi connectivity index (χ0n) is 14.6. The minimum Gasteiger partial charge on any atom is -0.465 e. The highest BCUT2D eigenvalue weighted by Gasteiger charge is 2.61. The summed E-state index contributed by atoms with van der Waals surface area (Å²) >= 11 is -3.97. The SMILES string of the molecule is O=C1C2CC3CC1CC(C(=O)OCCCCC(F)(F)C(F)(F)S(=O)O)(C3)C2. The lowest BCUT2D eigenvalue weighted by molar-refractivity contribution is -0.175. The van der Waals surface area contributed by atoms with Crippen LogP contribution in [0.5, 0.6) is 0 Å². The minimum atomic E-state index is -5.02. The fourth-order valence-electron chi connectivity index (χ4n) is 5.04. The Morgan fingerprint density at radius 1 is 1.15 bits per heavy atom. The molecule has 0 aromatic heterocycles. The van der Waals surface area contributed by atoms with Crippen LogP contribution >= 0.6 is 0 Å². The van der Waals surface area contributed by atoms with Crippen molar-refractivity contribution in [2.24, 2.45) is 23.2 Å². The van der Waals surface area contributed by atoms with Gasteiger partial charge >= 0.3 is 17.1 Å². The predicted molar refractivity (Wildman–Crippen MR) is 86.5 cm³/mol. The van der Waals surface area contributed by atoms with Crippen molar-refractivity contribution in [3.8, 4) is 0 Å². The van der Waals surface area contributed by atoms with Gasteiger partial charge in [-0.05, 0) is 50.9 Å². The van der Waals surface area contributed by atoms with E-state index in [1.165, 1.54) is 0 Å². The maximum Gasteiger partial charge on any atom is 0.406 e. The molecule has 0 aromatic rings. The van der Waals surface area contributed by atoms with Gasteiger partial charge in [-0.15, -0.1) is 0 Å². The first-order chi connectivity index (χ1) is 12.5. The summed E-state index contributed by atoms with van der Waals surface area (Å²) in [6.07, 6.45) is 1.55. The number of unbranched alkanes of at least 4 members (excludes halogenated alkanes) is 1. The Hall–Kier alpha value is -1.03. The number of ketones is 1. The Labute approximate surface area is 156 Å². The lowest BCUT2D eigenvalue weighted by atomic mass is 9.49. The molecule has 4 bridgehead atoms. The molecule has 10 heteroatoms. The van der Waals surface area contributed by atoms with Crippen LogP contribution in [0.2, 0.25) is 0 Å². The highest BCUT2D eigenvalue weighted by atomic mass is 32.2. The Kier molecular flexibility index (Phi) is 5.44. The number of Topliss-reactive ketones (excluding diaryl/α,β-unsaturated/α-hetero) is 1. The average molecular weight is 414 g/mol. The summed E-state index contributed by atoms with van der Waals surface area (Å²) in [5, 5.41) is -5.02. The summed E-state index contributed by atoms with van der Waals surface area (Å²) in [5.74, 6) is -4.65. The fraction of sp³-hybridized carbons (Fsp3) is 0.882. The number of hydrogen-bond donors (Lipinski definition) is 1. The molecule has 5 nitrogen and oxygen atoms in total. The van der Waals surface area contributed by atoms with Crippen LogP contribution in [0.3, 0.4) is 0 Å². The number of hydrogen-bond acceptors (Lipinski definition) is 4. The number of alkyl halides is 4. The monoisotopic (exact) mass is 414 g/mol. The summed E-state index contributed by atoms with van der Waals surface area (Å²) in [6.45, 7) is -0.182. The van der Waals surface area contributed by atoms with Crippen molar-refractivity contribution in [3.63, 3.8) is 0 Å². The Morgan fingerprint density at radius 2 is 1.74 bits per heavy atom. The molecular formula is C17H22F4O5S. The van der Waals surface area contributed by atoms with Gasteiger partial charge in [-0.3, -0.25) is 9.59 Å². The molecule has 0 radical (unpaired) electrons. The second-order valence-electron chi connectivity index (χ2n) is 8.09. The standard InChI is InChI=1S/C17H22F4O5S/c18-16(19,17(20,21)27(24)25)3-1-2-4-26-14(23)15-7-10-5-11(8-15)13(22)12(6-10)9-15/h10-12H,1-9H2,(H,24,25). The van der Waals surface area contributed by atoms with Gasteiger partial charge in [0.25, 0.3) is 0 Å². The minimum absolute atomic E-state index is 0.0548. The van der Waals surface area contributed by atoms with Crippen LogP contribution in [-0.4, -0.2) is 38.3 Å². The molecule has 27 heavy (non-hydrogen) atoms. The normalized spacial score (nSPS) is 34.0. The summed E-state index contributed by atoms with van der Waals surface area (Å²) in [4.78, 5) is 24.7. The zero-order chi connectivity index (χ0) is 20.0. The van der Waals surface area contributed by atoms with E-state index >= 15 is 0 Å². The smallest absolute Gasteiger partial charge is 0.406 e. The van der Waals surface area contributed by atoms with Gasteiger partial charge in [-0.1, -0.05) is 0 Å². The van der Waals surface area contributed by atoms with E-state index in [0.29, 0.717) is 25.2 Å². The maximum absolute atomic E-state index is 13.3. The molecule has 4 rings (SSSR count). The van der Waals surface area contributed by atoms with E-state index in [4.69, 9.17) is 9.29 Å². The van der Waals surface area contributed by atoms with Crippen molar-refractivity contribution >= 4 is 22.8 Å². The molecule has 0 saturated heterocycles. The summed E-state index contributed by atoms with van der Waals surface area (Å²) in [6, 6.07) is 0. The van der Waals surface area contributed by atoms with Crippen molar-refractivity contribution in [1.29, 1.82) is 0 Å². The molecule has 0 heterocycles. The van der Waals surface area contributed by atoms with E-state index in [1.807, 2.05) is 0 Å². The van der Waals surface area contributed by atoms with Crippen LogP contribution in [0.4, 0.5) is 17.6 Å². The predicted octanol–water partition coefficient (Wildman–Crippen LogP) is 3.55. The van der Waals surface area contributed by atoms with Gasteiger partial charge in [-0.25, -0.2) is 4.21 Å². The second kappa shape index (κ2) is 7.09. The van der Waals surface area contributed by atoms with Crippen LogP contribution in [0, 0.1) is 23.2 Å². The van der Waals surface area contributed by atoms with E-state index in [-0.39, 0.29) is 37.1 Å². The Balaban J connectivity index is 1.46. The molecular weight excluding hydrogens is 392 g/mol. The molecule has 1 N–H and O–H groups in total. The van der Waals surface area contributed by atoms with Gasteiger partial charge in [0.05, 0.1) is 12.0 Å². The summed E-state index contributed by atoms with van der Waals surface area (Å²) in [7, 11) is 0. The van der Waals surface area contributed by atoms with Crippen LogP contribution in [0.25, 0.3) is 0 Å². The Bertz CT molecular complexity index is 635. The third-order valence-corrected chi connectivity index (χ3v) is 6.93. The molecule has 4 aliphatic carbocycles. The van der Waals surface area contributed by atoms with Crippen LogP contribution < -0.4 is 0 Å². The van der Waals surface area contributed by atoms with Crippen molar-refractivity contribution < 1.29 is 40.6 Å². The van der Waals surface area contributed by atoms with E-state index < -0.39 is 40.1 Å². The van der Waals surface area contributed by atoms with Gasteiger partial charge in [0.1, 0.15) is 5.78 Å². The van der Waals surface area contributed by atoms with Crippen LogP contribution in [0.15, 0.2) is 0 Å². The van der Waals surface area contributed by atoms with Gasteiger partial charge in [-0.2, -0.15) is 17.6 Å². The van der Waals surface area contributed by atoms with Crippen molar-refractivity contribution in [2.45, 2.75) is 62.5 Å². The molecule has 3 unspecified atom stereocenters. The number of carbonyl (C=O) groups is 2. The maximum atomic E-state index is 13.3. The number of rotatable bonds is 8. The zero-order valence-corrected chi connectivity index (χ0v) is 15.4. The van der Waals surface area contributed by atoms with Gasteiger partial charge in [0.15, 0.2) is 0 Å². The Morgan fingerprint density at radius 3 is 2.30 bits per heavy atom. The molecule has 0 aromatic carbocycles. The third kappa shape index (κ3) is 3.66. The topological polar surface area (TPSA) is 80.7 Å². The summed E-state index contributed by atoms with van der Waals surface area (Å²) in [5.41, 5.74) is -0.671. The van der Waals surface area contributed by atoms with Crippen molar-refractivity contribution in [2.75, 3.05) is 6.61 Å². The van der Waals surface area contributed by atoms with E-state index in [9.17, 15) is 31.4 Å². The molecule has 0 spiro atoms. The van der Waals surface area contributed by atoms with Crippen molar-refractivity contribution in [3.05, 3.63) is 0 Å². The highest BCUT2D eigenvalue weighted by Crippen LogP contribution is 2.59. The molecule has 4 fully saturated rings. The van der Waals surface area contributed by atoms with Gasteiger partial charge in [0.2, 0.25) is 11.1 Å². The molecule has 4 aliphatic rings. The molecule has 0 amide bonds. The molecule has 0 aliphatic heterocycles. The number of halogens is 4. The molecule has 154 valence electrons. The largest absolute Gasteiger partial charge is 0.465 e. The number of ether oxygens (including phenoxy) is 1. The average Bonchev–Trinajstić information content (AvgIpc) is 2.57. The first-order valence-corrected chi connectivity index (χ1v) is 10.2. The van der Waals surface area contributed by atoms with Crippen molar-refractivity contribution in [1.82, 2.24) is 0 Å². The summed E-state index contributed by atoms with van der Waals surface area (Å²) < 4.78 is 76.6. The first kappa shape index (κ1) is 20.7. The fourth-order valence-corrected chi connectivity index (χ4v) is 5.39. The lowest BCUT2D eigenvalue weighted by Gasteiger charge is -2.53. The quantitative estimate of drug-likeness (QED) is 0.284. The van der Waals surface area contributed by atoms with E-state index in [1.54, 1.807) is 0 Å². The molecule has 3 atom stereocenters. The molecule has 4 saturated carbocycles. The van der Waals surface area contributed by atoms with Crippen LogP contribution in [-0.2, 0) is 25.4 Å². The lowest BCUT2D eigenvalue weighted by Crippen LogP contribution is -2.54. The number of carbonyl (C=O) groups excluding carboxylic acids is 2. The first-order valence-electron chi connectivity index (χ1n) is 9.06.